The predicted octanol–water partition coefficient (Wildman–Crippen LogP) is 4.40. The average Bonchev–Trinajstić information content (AvgIpc) is 2.69. The van der Waals surface area contributed by atoms with Crippen LogP contribution in [0.1, 0.15) is 15.9 Å². The zero-order chi connectivity index (χ0) is 19.4. The summed E-state index contributed by atoms with van der Waals surface area (Å²) in [6.07, 6.45) is 0.0835. The van der Waals surface area contributed by atoms with E-state index in [4.69, 9.17) is 4.74 Å². The Morgan fingerprint density at radius 2 is 1.67 bits per heavy atom. The highest BCUT2D eigenvalue weighted by Crippen LogP contribution is 2.37. The summed E-state index contributed by atoms with van der Waals surface area (Å²) in [7, 11) is 1.27. The minimum absolute atomic E-state index is 0.0835. The van der Waals surface area contributed by atoms with Gasteiger partial charge in [-0.05, 0) is 22.8 Å². The molecule has 1 N–H and O–H groups in total. The normalized spacial score (nSPS) is 10.4. The van der Waals surface area contributed by atoms with E-state index in [1.54, 1.807) is 0 Å². The van der Waals surface area contributed by atoms with Crippen molar-refractivity contribution >= 4 is 11.5 Å². The molecule has 0 radical (unpaired) electrons. The van der Waals surface area contributed by atoms with Gasteiger partial charge in [-0.25, -0.2) is 0 Å². The standard InChI is InChI=1S/C21H17NO5/c1-27-20-13-17(12-18(21(20)24)22(25)26)19(23)11-14-7-9-16(10-8-14)15-5-3-2-4-6-15/h2-10,12-13,24H,11H2,1H3. The molecule has 3 aromatic carbocycles. The van der Waals surface area contributed by atoms with Crippen molar-refractivity contribution in [2.75, 3.05) is 7.11 Å². The highest BCUT2D eigenvalue weighted by atomic mass is 16.6. The Morgan fingerprint density at radius 1 is 1.04 bits per heavy atom. The van der Waals surface area contributed by atoms with Gasteiger partial charge in [0.2, 0.25) is 5.75 Å². The molecule has 0 heterocycles. The molecule has 0 spiro atoms. The van der Waals surface area contributed by atoms with Gasteiger partial charge >= 0.3 is 5.69 Å². The maximum Gasteiger partial charge on any atom is 0.315 e. The van der Waals surface area contributed by atoms with Gasteiger partial charge in [-0.1, -0.05) is 54.6 Å². The molecule has 0 saturated heterocycles. The van der Waals surface area contributed by atoms with Crippen molar-refractivity contribution in [3.63, 3.8) is 0 Å². The number of hydrogen-bond acceptors (Lipinski definition) is 5. The number of carbonyl (C=O) groups excluding carboxylic acids is 1. The van der Waals surface area contributed by atoms with Gasteiger partial charge in [-0.3, -0.25) is 14.9 Å². The molecule has 0 aliphatic rings. The van der Waals surface area contributed by atoms with E-state index in [-0.39, 0.29) is 23.5 Å². The van der Waals surface area contributed by atoms with Crippen LogP contribution in [0.5, 0.6) is 11.5 Å². The van der Waals surface area contributed by atoms with Gasteiger partial charge in [0.15, 0.2) is 11.5 Å². The van der Waals surface area contributed by atoms with E-state index in [2.05, 4.69) is 0 Å². The zero-order valence-corrected chi connectivity index (χ0v) is 14.6. The number of ether oxygens (including phenoxy) is 1. The summed E-state index contributed by atoms with van der Waals surface area (Å²) >= 11 is 0. The molecular formula is C21H17NO5. The summed E-state index contributed by atoms with van der Waals surface area (Å²) in [4.78, 5) is 22.9. The Balaban J connectivity index is 1.83. The summed E-state index contributed by atoms with van der Waals surface area (Å²) in [5.41, 5.74) is 2.46. The van der Waals surface area contributed by atoms with Crippen molar-refractivity contribution < 1.29 is 19.6 Å². The zero-order valence-electron chi connectivity index (χ0n) is 14.6. The highest BCUT2D eigenvalue weighted by Gasteiger charge is 2.22. The second-order valence-electron chi connectivity index (χ2n) is 5.97. The third-order valence-electron chi connectivity index (χ3n) is 4.22. The van der Waals surface area contributed by atoms with E-state index in [1.807, 2.05) is 54.6 Å². The molecule has 0 saturated carbocycles. The van der Waals surface area contributed by atoms with E-state index in [0.717, 1.165) is 22.8 Å². The number of ketones is 1. The predicted molar refractivity (Wildman–Crippen MR) is 101 cm³/mol. The molecule has 3 aromatic rings. The molecule has 0 unspecified atom stereocenters. The molecule has 0 aliphatic carbocycles. The second-order valence-corrected chi connectivity index (χ2v) is 5.97. The fourth-order valence-electron chi connectivity index (χ4n) is 2.78. The third kappa shape index (κ3) is 3.95. The van der Waals surface area contributed by atoms with Crippen LogP contribution in [0, 0.1) is 10.1 Å². The number of hydrogen-bond donors (Lipinski definition) is 1. The lowest BCUT2D eigenvalue weighted by molar-refractivity contribution is -0.386. The molecule has 0 aliphatic heterocycles. The lowest BCUT2D eigenvalue weighted by Gasteiger charge is -2.08. The number of nitro benzene ring substituents is 1. The Kier molecular flexibility index (Phi) is 5.17. The molecule has 0 bridgehead atoms. The van der Waals surface area contributed by atoms with Crippen LogP contribution in [0.15, 0.2) is 66.7 Å². The molecule has 3 rings (SSSR count). The summed E-state index contributed by atoms with van der Waals surface area (Å²) in [6, 6.07) is 19.8. The van der Waals surface area contributed by atoms with E-state index in [0.29, 0.717) is 0 Å². The van der Waals surface area contributed by atoms with Gasteiger partial charge in [0.1, 0.15) is 0 Å². The van der Waals surface area contributed by atoms with E-state index in [1.165, 1.54) is 13.2 Å². The molecule has 27 heavy (non-hydrogen) atoms. The smallest absolute Gasteiger partial charge is 0.315 e. The van der Waals surface area contributed by atoms with Crippen LogP contribution in [0.2, 0.25) is 0 Å². The second kappa shape index (κ2) is 7.70. The first-order valence-corrected chi connectivity index (χ1v) is 8.22. The molecule has 6 nitrogen and oxygen atoms in total. The number of nitro groups is 1. The monoisotopic (exact) mass is 363 g/mol. The lowest BCUT2D eigenvalue weighted by Crippen LogP contribution is -2.05. The number of phenolic OH excluding ortho intramolecular Hbond substituents is 1. The SMILES string of the molecule is COc1cc(C(=O)Cc2ccc(-c3ccccc3)cc2)cc([N+](=O)[O-])c1O. The van der Waals surface area contributed by atoms with Crippen molar-refractivity contribution in [1.29, 1.82) is 0 Å². The van der Waals surface area contributed by atoms with E-state index >= 15 is 0 Å². The topological polar surface area (TPSA) is 89.7 Å². The quantitative estimate of drug-likeness (QED) is 0.398. The van der Waals surface area contributed by atoms with Crippen LogP contribution in [0.3, 0.4) is 0 Å². The first-order chi connectivity index (χ1) is 13.0. The first kappa shape index (κ1) is 18.1. The van der Waals surface area contributed by atoms with Crippen molar-refractivity contribution in [1.82, 2.24) is 0 Å². The average molecular weight is 363 g/mol. The number of nitrogens with zero attached hydrogens (tertiary/aromatic N) is 1. The lowest BCUT2D eigenvalue weighted by atomic mass is 9.99. The van der Waals surface area contributed by atoms with Crippen LogP contribution in [0.4, 0.5) is 5.69 Å². The Bertz CT molecular complexity index is 981. The van der Waals surface area contributed by atoms with Crippen molar-refractivity contribution in [3.8, 4) is 22.6 Å². The van der Waals surface area contributed by atoms with Crippen LogP contribution >= 0.6 is 0 Å². The maximum atomic E-state index is 12.6. The molecule has 0 aromatic heterocycles. The van der Waals surface area contributed by atoms with Gasteiger partial charge in [-0.15, -0.1) is 0 Å². The van der Waals surface area contributed by atoms with Gasteiger partial charge in [0.05, 0.1) is 12.0 Å². The number of rotatable bonds is 6. The molecule has 6 heteroatoms. The van der Waals surface area contributed by atoms with E-state index < -0.39 is 16.4 Å². The molecule has 0 fully saturated rings. The van der Waals surface area contributed by atoms with Crippen LogP contribution in [-0.4, -0.2) is 22.9 Å². The van der Waals surface area contributed by atoms with Gasteiger partial charge in [0.25, 0.3) is 0 Å². The van der Waals surface area contributed by atoms with Gasteiger partial charge < -0.3 is 9.84 Å². The first-order valence-electron chi connectivity index (χ1n) is 8.22. The van der Waals surface area contributed by atoms with Gasteiger partial charge in [-0.2, -0.15) is 0 Å². The Labute approximate surface area is 155 Å². The number of benzene rings is 3. The fraction of sp³-hybridized carbons (Fsp3) is 0.0952. The van der Waals surface area contributed by atoms with Crippen LogP contribution < -0.4 is 4.74 Å². The van der Waals surface area contributed by atoms with Crippen molar-refractivity contribution in [2.24, 2.45) is 0 Å². The summed E-state index contributed by atoms with van der Waals surface area (Å²) in [5, 5.41) is 20.9. The third-order valence-corrected chi connectivity index (χ3v) is 4.22. The Hall–Kier alpha value is -3.67. The number of phenols is 1. The summed E-state index contributed by atoms with van der Waals surface area (Å²) < 4.78 is 4.93. The van der Waals surface area contributed by atoms with Crippen LogP contribution in [-0.2, 0) is 6.42 Å². The van der Waals surface area contributed by atoms with E-state index in [9.17, 15) is 20.0 Å². The molecule has 136 valence electrons. The highest BCUT2D eigenvalue weighted by molar-refractivity contribution is 5.99. The minimum atomic E-state index is -0.747. The Morgan fingerprint density at radius 3 is 2.26 bits per heavy atom. The number of carbonyl (C=O) groups is 1. The summed E-state index contributed by atoms with van der Waals surface area (Å²) in [5.74, 6) is -0.998. The molecule has 0 amide bonds. The minimum Gasteiger partial charge on any atom is -0.500 e. The maximum absolute atomic E-state index is 12.6. The largest absolute Gasteiger partial charge is 0.500 e. The fourth-order valence-corrected chi connectivity index (χ4v) is 2.78. The number of aromatic hydroxyl groups is 1. The van der Waals surface area contributed by atoms with Crippen LogP contribution in [0.25, 0.3) is 11.1 Å². The molecule has 0 atom stereocenters. The van der Waals surface area contributed by atoms with Crippen molar-refractivity contribution in [2.45, 2.75) is 6.42 Å². The number of methoxy groups -OCH3 is 1. The van der Waals surface area contributed by atoms with Crippen molar-refractivity contribution in [3.05, 3.63) is 88.0 Å². The molecular weight excluding hydrogens is 346 g/mol. The van der Waals surface area contributed by atoms with Gasteiger partial charge in [0, 0.05) is 18.1 Å². The number of Topliss-reactive ketones (excluding diaryl/α,β-unsaturated/α-hetero) is 1. The summed E-state index contributed by atoms with van der Waals surface area (Å²) in [6.45, 7) is 0.